The maximum Gasteiger partial charge on any atom is 0.136 e. The fourth-order valence-corrected chi connectivity index (χ4v) is 1.71. The molecule has 3 nitrogen and oxygen atoms in total. The topological polar surface area (TPSA) is 42.6 Å². The molecule has 1 aromatic heterocycles. The van der Waals surface area contributed by atoms with Crippen molar-refractivity contribution in [1.29, 1.82) is 0 Å². The highest BCUT2D eigenvalue weighted by molar-refractivity contribution is 5.78. The van der Waals surface area contributed by atoms with E-state index in [4.69, 9.17) is 9.15 Å². The maximum absolute atomic E-state index is 9.92. The van der Waals surface area contributed by atoms with Crippen molar-refractivity contribution in [3.8, 4) is 0 Å². The second kappa shape index (κ2) is 4.90. The van der Waals surface area contributed by atoms with Gasteiger partial charge in [-0.15, -0.1) is 0 Å². The van der Waals surface area contributed by atoms with Crippen LogP contribution in [0.15, 0.2) is 28.7 Å². The summed E-state index contributed by atoms with van der Waals surface area (Å²) in [5.41, 5.74) is 1.98. The van der Waals surface area contributed by atoms with E-state index in [2.05, 4.69) is 0 Å². The van der Waals surface area contributed by atoms with Gasteiger partial charge in [-0.1, -0.05) is 11.6 Å². The fraction of sp³-hybridized carbons (Fsp3) is 0.429. The quantitative estimate of drug-likeness (QED) is 0.883. The Bertz CT molecular complexity index is 499. The normalized spacial score (nSPS) is 13.5. The van der Waals surface area contributed by atoms with Gasteiger partial charge in [0.15, 0.2) is 0 Å². The number of ether oxygens (including phenoxy) is 1. The van der Waals surface area contributed by atoms with Crippen LogP contribution < -0.4 is 0 Å². The second-order valence-electron chi connectivity index (χ2n) is 4.59. The standard InChI is InChI=1S/C14H18O3/c1-9(2)16-8-12(15)14-7-11-6-10(3)4-5-13(11)17-14/h4-7,9,12,15H,8H2,1-3H3. The maximum atomic E-state index is 9.92. The Kier molecular flexibility index (Phi) is 3.50. The molecule has 0 amide bonds. The summed E-state index contributed by atoms with van der Waals surface area (Å²) in [6, 6.07) is 7.83. The summed E-state index contributed by atoms with van der Waals surface area (Å²) in [5.74, 6) is 0.561. The van der Waals surface area contributed by atoms with E-state index in [-0.39, 0.29) is 12.7 Å². The Morgan fingerprint density at radius 1 is 1.29 bits per heavy atom. The molecule has 1 aromatic carbocycles. The van der Waals surface area contributed by atoms with Gasteiger partial charge in [0.1, 0.15) is 17.4 Å². The minimum absolute atomic E-state index is 0.108. The van der Waals surface area contributed by atoms with Crippen LogP contribution in [0.1, 0.15) is 31.3 Å². The van der Waals surface area contributed by atoms with Crippen molar-refractivity contribution in [2.45, 2.75) is 33.0 Å². The summed E-state index contributed by atoms with van der Waals surface area (Å²) in [4.78, 5) is 0. The van der Waals surface area contributed by atoms with Crippen LogP contribution in [0, 0.1) is 6.92 Å². The molecule has 1 atom stereocenters. The lowest BCUT2D eigenvalue weighted by Crippen LogP contribution is -2.11. The van der Waals surface area contributed by atoms with Crippen LogP contribution in [-0.4, -0.2) is 17.8 Å². The average Bonchev–Trinajstić information content (AvgIpc) is 2.68. The molecule has 3 heteroatoms. The molecule has 0 aliphatic rings. The van der Waals surface area contributed by atoms with E-state index in [9.17, 15) is 5.11 Å². The highest BCUT2D eigenvalue weighted by atomic mass is 16.5. The number of aliphatic hydroxyl groups is 1. The Morgan fingerprint density at radius 3 is 2.76 bits per heavy atom. The van der Waals surface area contributed by atoms with Crippen LogP contribution in [-0.2, 0) is 4.74 Å². The first-order chi connectivity index (χ1) is 8.06. The van der Waals surface area contributed by atoms with E-state index >= 15 is 0 Å². The van der Waals surface area contributed by atoms with Crippen molar-refractivity contribution < 1.29 is 14.3 Å². The number of aliphatic hydroxyl groups excluding tert-OH is 1. The van der Waals surface area contributed by atoms with Gasteiger partial charge in [-0.2, -0.15) is 0 Å². The van der Waals surface area contributed by atoms with Crippen molar-refractivity contribution in [2.75, 3.05) is 6.61 Å². The molecule has 1 heterocycles. The van der Waals surface area contributed by atoms with E-state index in [1.165, 1.54) is 5.56 Å². The van der Waals surface area contributed by atoms with E-state index in [1.54, 1.807) is 0 Å². The third-order valence-corrected chi connectivity index (χ3v) is 2.61. The largest absolute Gasteiger partial charge is 0.458 e. The van der Waals surface area contributed by atoms with Crippen molar-refractivity contribution in [3.05, 3.63) is 35.6 Å². The van der Waals surface area contributed by atoms with Crippen LogP contribution in [0.4, 0.5) is 0 Å². The molecule has 1 N–H and O–H groups in total. The number of benzene rings is 1. The first-order valence-electron chi connectivity index (χ1n) is 5.86. The predicted octanol–water partition coefficient (Wildman–Crippen LogP) is 3.20. The molecule has 0 aliphatic carbocycles. The van der Waals surface area contributed by atoms with Crippen LogP contribution in [0.2, 0.25) is 0 Å². The van der Waals surface area contributed by atoms with Gasteiger partial charge in [0.25, 0.3) is 0 Å². The molecule has 2 rings (SSSR count). The SMILES string of the molecule is Cc1ccc2oc(C(O)COC(C)C)cc2c1. The number of hydrogen-bond acceptors (Lipinski definition) is 3. The molecule has 0 aliphatic heterocycles. The van der Waals surface area contributed by atoms with Crippen LogP contribution in [0.3, 0.4) is 0 Å². The molecule has 1 unspecified atom stereocenters. The molecule has 17 heavy (non-hydrogen) atoms. The Hall–Kier alpha value is -1.32. The van der Waals surface area contributed by atoms with Crippen LogP contribution >= 0.6 is 0 Å². The van der Waals surface area contributed by atoms with Gasteiger partial charge in [0, 0.05) is 5.39 Å². The van der Waals surface area contributed by atoms with Crippen LogP contribution in [0.5, 0.6) is 0 Å². The summed E-state index contributed by atoms with van der Waals surface area (Å²) in [7, 11) is 0. The van der Waals surface area contributed by atoms with Crippen LogP contribution in [0.25, 0.3) is 11.0 Å². The summed E-state index contributed by atoms with van der Waals surface area (Å²) in [5, 5.41) is 10.9. The molecule has 0 saturated carbocycles. The molecule has 0 radical (unpaired) electrons. The third kappa shape index (κ3) is 2.87. The van der Waals surface area contributed by atoms with Crippen molar-refractivity contribution >= 4 is 11.0 Å². The Morgan fingerprint density at radius 2 is 2.06 bits per heavy atom. The Balaban J connectivity index is 2.18. The number of hydrogen-bond donors (Lipinski definition) is 1. The third-order valence-electron chi connectivity index (χ3n) is 2.61. The first kappa shape index (κ1) is 12.1. The number of furan rings is 1. The smallest absolute Gasteiger partial charge is 0.136 e. The van der Waals surface area contributed by atoms with Crippen molar-refractivity contribution in [3.63, 3.8) is 0 Å². The molecular formula is C14H18O3. The lowest BCUT2D eigenvalue weighted by Gasteiger charge is -2.10. The highest BCUT2D eigenvalue weighted by Gasteiger charge is 2.14. The van der Waals surface area contributed by atoms with Gasteiger partial charge in [0.05, 0.1) is 12.7 Å². The molecule has 0 fully saturated rings. The summed E-state index contributed by atoms with van der Waals surface area (Å²) in [6.45, 7) is 6.17. The molecule has 0 bridgehead atoms. The zero-order valence-electron chi connectivity index (χ0n) is 10.4. The first-order valence-corrected chi connectivity index (χ1v) is 5.86. The van der Waals surface area contributed by atoms with Gasteiger partial charge >= 0.3 is 0 Å². The number of fused-ring (bicyclic) bond motifs is 1. The average molecular weight is 234 g/mol. The van der Waals surface area contributed by atoms with E-state index in [0.717, 1.165) is 11.0 Å². The van der Waals surface area contributed by atoms with E-state index in [1.807, 2.05) is 45.0 Å². The number of aryl methyl sites for hydroxylation is 1. The van der Waals surface area contributed by atoms with Gasteiger partial charge < -0.3 is 14.3 Å². The molecule has 0 spiro atoms. The van der Waals surface area contributed by atoms with Gasteiger partial charge in [0.2, 0.25) is 0 Å². The minimum Gasteiger partial charge on any atom is -0.458 e. The zero-order chi connectivity index (χ0) is 12.4. The summed E-state index contributed by atoms with van der Waals surface area (Å²) >= 11 is 0. The monoisotopic (exact) mass is 234 g/mol. The highest BCUT2D eigenvalue weighted by Crippen LogP contribution is 2.25. The lowest BCUT2D eigenvalue weighted by molar-refractivity contribution is -0.00287. The molecular weight excluding hydrogens is 216 g/mol. The summed E-state index contributed by atoms with van der Waals surface area (Å²) < 4.78 is 11.0. The lowest BCUT2D eigenvalue weighted by atomic mass is 10.2. The van der Waals surface area contributed by atoms with E-state index in [0.29, 0.717) is 5.76 Å². The number of rotatable bonds is 4. The molecule has 0 saturated heterocycles. The van der Waals surface area contributed by atoms with Crippen molar-refractivity contribution in [1.82, 2.24) is 0 Å². The van der Waals surface area contributed by atoms with Gasteiger partial charge in [-0.25, -0.2) is 0 Å². The molecule has 2 aromatic rings. The zero-order valence-corrected chi connectivity index (χ0v) is 10.4. The molecule has 92 valence electrons. The van der Waals surface area contributed by atoms with Gasteiger partial charge in [-0.05, 0) is 39.0 Å². The summed E-state index contributed by atoms with van der Waals surface area (Å²) in [6.07, 6.45) is -0.596. The fourth-order valence-electron chi connectivity index (χ4n) is 1.71. The van der Waals surface area contributed by atoms with Crippen molar-refractivity contribution in [2.24, 2.45) is 0 Å². The second-order valence-corrected chi connectivity index (χ2v) is 4.59. The van der Waals surface area contributed by atoms with Gasteiger partial charge in [-0.3, -0.25) is 0 Å². The Labute approximate surface area is 101 Å². The van der Waals surface area contributed by atoms with E-state index < -0.39 is 6.10 Å². The predicted molar refractivity (Wildman–Crippen MR) is 67.0 cm³/mol. The minimum atomic E-state index is -0.704.